The molecule has 0 aliphatic heterocycles. The molecule has 0 spiro atoms. The highest BCUT2D eigenvalue weighted by molar-refractivity contribution is 5.28. The van der Waals surface area contributed by atoms with E-state index < -0.39 is 0 Å². The van der Waals surface area contributed by atoms with E-state index in [2.05, 4.69) is 18.3 Å². The molecule has 16 heavy (non-hydrogen) atoms. The first-order valence-electron chi connectivity index (χ1n) is 5.48. The zero-order valence-electron chi connectivity index (χ0n) is 10.1. The van der Waals surface area contributed by atoms with Crippen molar-refractivity contribution in [3.8, 4) is 6.07 Å². The molecule has 0 saturated heterocycles. The lowest BCUT2D eigenvalue weighted by Gasteiger charge is -2.18. The van der Waals surface area contributed by atoms with Gasteiger partial charge in [-0.3, -0.25) is 0 Å². The highest BCUT2D eigenvalue weighted by Crippen LogP contribution is 2.07. The molecule has 0 fully saturated rings. The number of aliphatic hydroxyl groups is 1. The van der Waals surface area contributed by atoms with Crippen LogP contribution in [0.4, 0.5) is 0 Å². The number of nitrogens with one attached hydrogen (secondary N) is 1. The number of aliphatic hydroxyl groups excluding tert-OH is 1. The van der Waals surface area contributed by atoms with E-state index in [-0.39, 0.29) is 18.6 Å². The third-order valence-electron chi connectivity index (χ3n) is 2.95. The van der Waals surface area contributed by atoms with E-state index in [1.54, 1.807) is 0 Å². The number of rotatable bonds is 5. The Labute approximate surface area is 96.5 Å². The fourth-order valence-electron chi connectivity index (χ4n) is 1.48. The quantitative estimate of drug-likeness (QED) is 0.780. The Morgan fingerprint density at radius 1 is 1.56 bits per heavy atom. The molecule has 2 N–H and O–H groups in total. The average Bonchev–Trinajstić information content (AvgIpc) is 2.65. The van der Waals surface area contributed by atoms with Gasteiger partial charge >= 0.3 is 0 Å². The molecule has 0 aliphatic rings. The normalized spacial score (nSPS) is 14.4. The van der Waals surface area contributed by atoms with Crippen LogP contribution in [0, 0.1) is 17.2 Å². The third-order valence-corrected chi connectivity index (χ3v) is 2.95. The molecule has 4 nitrogen and oxygen atoms in total. The molecule has 1 aromatic rings. The van der Waals surface area contributed by atoms with E-state index in [4.69, 9.17) is 10.4 Å². The van der Waals surface area contributed by atoms with Gasteiger partial charge in [-0.2, -0.15) is 5.26 Å². The Kier molecular flexibility index (Phi) is 4.53. The first-order valence-corrected chi connectivity index (χ1v) is 5.48. The summed E-state index contributed by atoms with van der Waals surface area (Å²) in [6.45, 7) is 4.96. The van der Waals surface area contributed by atoms with E-state index in [9.17, 15) is 0 Å². The Bertz CT molecular complexity index is 378. The number of nitriles is 1. The summed E-state index contributed by atoms with van der Waals surface area (Å²) in [6.07, 6.45) is 1.95. The third kappa shape index (κ3) is 3.09. The van der Waals surface area contributed by atoms with Crippen molar-refractivity contribution in [2.24, 2.45) is 13.0 Å². The van der Waals surface area contributed by atoms with E-state index in [1.165, 1.54) is 0 Å². The van der Waals surface area contributed by atoms with Gasteiger partial charge in [-0.25, -0.2) is 0 Å². The molecule has 2 atom stereocenters. The highest BCUT2D eigenvalue weighted by Gasteiger charge is 2.10. The molecule has 1 rings (SSSR count). The van der Waals surface area contributed by atoms with Crippen molar-refractivity contribution in [1.29, 1.82) is 5.26 Å². The molecule has 0 amide bonds. The van der Waals surface area contributed by atoms with Gasteiger partial charge in [-0.1, -0.05) is 6.92 Å². The van der Waals surface area contributed by atoms with Crippen LogP contribution in [0.5, 0.6) is 0 Å². The second-order valence-electron chi connectivity index (χ2n) is 4.29. The largest absolute Gasteiger partial charge is 0.396 e. The van der Waals surface area contributed by atoms with Gasteiger partial charge in [0.2, 0.25) is 0 Å². The molecule has 0 saturated carbocycles. The van der Waals surface area contributed by atoms with E-state index in [1.807, 2.05) is 30.8 Å². The molecule has 4 heteroatoms. The maximum Gasteiger partial charge on any atom is 0.120 e. The summed E-state index contributed by atoms with van der Waals surface area (Å²) in [6, 6.07) is 4.27. The van der Waals surface area contributed by atoms with Gasteiger partial charge in [0.15, 0.2) is 0 Å². The number of nitrogens with zero attached hydrogens (tertiary/aromatic N) is 2. The van der Waals surface area contributed by atoms with Gasteiger partial charge in [-0.15, -0.1) is 0 Å². The standard InChI is InChI=1S/C12H19N3O/c1-9(8-16)10(2)14-6-11-4-12(5-13)15(3)7-11/h4,7,9-10,14,16H,6,8H2,1-3H3. The molecule has 0 radical (unpaired) electrons. The monoisotopic (exact) mass is 221 g/mol. The van der Waals surface area contributed by atoms with Crippen molar-refractivity contribution < 1.29 is 5.11 Å². The Balaban J connectivity index is 2.52. The van der Waals surface area contributed by atoms with Gasteiger partial charge in [0.05, 0.1) is 0 Å². The Hall–Kier alpha value is -1.31. The van der Waals surface area contributed by atoms with Crippen molar-refractivity contribution in [1.82, 2.24) is 9.88 Å². The minimum Gasteiger partial charge on any atom is -0.396 e. The second kappa shape index (κ2) is 5.69. The molecular formula is C12H19N3O. The summed E-state index contributed by atoms with van der Waals surface area (Å²) >= 11 is 0. The van der Waals surface area contributed by atoms with Crippen LogP contribution in [-0.4, -0.2) is 22.3 Å². The SMILES string of the molecule is CC(CO)C(C)NCc1cc(C#N)n(C)c1. The zero-order valence-corrected chi connectivity index (χ0v) is 10.1. The van der Waals surface area contributed by atoms with Crippen LogP contribution in [0.3, 0.4) is 0 Å². The van der Waals surface area contributed by atoms with Crippen LogP contribution < -0.4 is 5.32 Å². The molecule has 0 aromatic carbocycles. The molecule has 2 unspecified atom stereocenters. The molecular weight excluding hydrogens is 202 g/mol. The van der Waals surface area contributed by atoms with Crippen molar-refractivity contribution in [2.45, 2.75) is 26.4 Å². The van der Waals surface area contributed by atoms with Crippen molar-refractivity contribution in [2.75, 3.05) is 6.61 Å². The summed E-state index contributed by atoms with van der Waals surface area (Å²) in [5.41, 5.74) is 1.76. The fourth-order valence-corrected chi connectivity index (χ4v) is 1.48. The van der Waals surface area contributed by atoms with Crippen LogP contribution in [-0.2, 0) is 13.6 Å². The predicted molar refractivity (Wildman–Crippen MR) is 62.7 cm³/mol. The first kappa shape index (κ1) is 12.8. The van der Waals surface area contributed by atoms with Crippen LogP contribution in [0.25, 0.3) is 0 Å². The van der Waals surface area contributed by atoms with Crippen LogP contribution in [0.2, 0.25) is 0 Å². The van der Waals surface area contributed by atoms with Crippen molar-refractivity contribution >= 4 is 0 Å². The average molecular weight is 221 g/mol. The maximum absolute atomic E-state index is 9.00. The second-order valence-corrected chi connectivity index (χ2v) is 4.29. The number of hydrogen-bond acceptors (Lipinski definition) is 3. The summed E-state index contributed by atoms with van der Waals surface area (Å²) in [5.74, 6) is 0.235. The Morgan fingerprint density at radius 3 is 2.75 bits per heavy atom. The summed E-state index contributed by atoms with van der Waals surface area (Å²) in [5, 5.41) is 21.1. The molecule has 1 heterocycles. The van der Waals surface area contributed by atoms with Crippen LogP contribution >= 0.6 is 0 Å². The molecule has 0 aliphatic carbocycles. The maximum atomic E-state index is 9.00. The number of hydrogen-bond donors (Lipinski definition) is 2. The smallest absolute Gasteiger partial charge is 0.120 e. The van der Waals surface area contributed by atoms with E-state index >= 15 is 0 Å². The van der Waals surface area contributed by atoms with Crippen LogP contribution in [0.1, 0.15) is 25.1 Å². The lowest BCUT2D eigenvalue weighted by molar-refractivity contribution is 0.207. The predicted octanol–water partition coefficient (Wildman–Crippen LogP) is 1.00. The minimum atomic E-state index is 0.187. The molecule has 88 valence electrons. The van der Waals surface area contributed by atoms with E-state index in [0.29, 0.717) is 5.69 Å². The van der Waals surface area contributed by atoms with Gasteiger partial charge in [0, 0.05) is 32.4 Å². The van der Waals surface area contributed by atoms with Gasteiger partial charge in [0.1, 0.15) is 11.8 Å². The highest BCUT2D eigenvalue weighted by atomic mass is 16.3. The Morgan fingerprint density at radius 2 is 2.25 bits per heavy atom. The molecule has 0 bridgehead atoms. The number of aryl methyl sites for hydroxylation is 1. The fraction of sp³-hybridized carbons (Fsp3) is 0.583. The van der Waals surface area contributed by atoms with Crippen molar-refractivity contribution in [3.63, 3.8) is 0 Å². The zero-order chi connectivity index (χ0) is 12.1. The summed E-state index contributed by atoms with van der Waals surface area (Å²) in [7, 11) is 1.86. The lowest BCUT2D eigenvalue weighted by Crippen LogP contribution is -2.33. The summed E-state index contributed by atoms with van der Waals surface area (Å²) < 4.78 is 1.82. The van der Waals surface area contributed by atoms with Gasteiger partial charge in [0.25, 0.3) is 0 Å². The van der Waals surface area contributed by atoms with Crippen LogP contribution in [0.15, 0.2) is 12.3 Å². The number of aromatic nitrogens is 1. The molecule has 1 aromatic heterocycles. The van der Waals surface area contributed by atoms with Gasteiger partial charge in [-0.05, 0) is 24.5 Å². The van der Waals surface area contributed by atoms with E-state index in [0.717, 1.165) is 12.1 Å². The summed E-state index contributed by atoms with van der Waals surface area (Å²) in [4.78, 5) is 0. The topological polar surface area (TPSA) is 61.0 Å². The van der Waals surface area contributed by atoms with Crippen molar-refractivity contribution in [3.05, 3.63) is 23.5 Å². The lowest BCUT2D eigenvalue weighted by atomic mass is 10.1. The van der Waals surface area contributed by atoms with Gasteiger partial charge < -0.3 is 15.0 Å². The minimum absolute atomic E-state index is 0.187. The first-order chi connectivity index (χ1) is 7.58.